The summed E-state index contributed by atoms with van der Waals surface area (Å²) in [6.07, 6.45) is 1.44. The fourth-order valence-corrected chi connectivity index (χ4v) is 2.51. The molecule has 8 heteroatoms. The number of carbonyl (C=O) groups excluding carboxylic acids is 2. The largest absolute Gasteiger partial charge is 0.340 e. The first-order chi connectivity index (χ1) is 13.2. The lowest BCUT2D eigenvalue weighted by atomic mass is 10.2. The van der Waals surface area contributed by atoms with Gasteiger partial charge in [0, 0.05) is 11.1 Å². The molecule has 2 heterocycles. The van der Waals surface area contributed by atoms with Crippen LogP contribution < -0.4 is 10.6 Å². The van der Waals surface area contributed by atoms with Crippen LogP contribution in [0.1, 0.15) is 20.7 Å². The van der Waals surface area contributed by atoms with Crippen molar-refractivity contribution >= 4 is 34.7 Å². The molecule has 0 bridgehead atoms. The van der Waals surface area contributed by atoms with Crippen LogP contribution in [0.15, 0.2) is 67.0 Å². The first-order valence-corrected chi connectivity index (χ1v) is 8.14. The number of imidazole rings is 1. The van der Waals surface area contributed by atoms with Crippen LogP contribution in [-0.2, 0) is 0 Å². The molecule has 2 amide bonds. The average Bonchev–Trinajstić information content (AvgIpc) is 3.18. The standard InChI is InChI=1S/C19H14N6O2/c26-17(12-7-3-1-4-8-12)22-16-14-15(21-11-20-14)23-19(24-16)25-18(27)13-9-5-2-6-10-13/h1-11H,(H3,20,21,22,23,24,25,26,27). The smallest absolute Gasteiger partial charge is 0.258 e. The lowest BCUT2D eigenvalue weighted by Crippen LogP contribution is -2.17. The highest BCUT2D eigenvalue weighted by atomic mass is 16.2. The molecule has 0 aliphatic heterocycles. The molecule has 4 aromatic rings. The fourth-order valence-electron chi connectivity index (χ4n) is 2.51. The Hall–Kier alpha value is -4.07. The molecular formula is C19H14N6O2. The van der Waals surface area contributed by atoms with Gasteiger partial charge in [0.15, 0.2) is 11.5 Å². The SMILES string of the molecule is O=C(Nc1nc(NC(=O)c2ccccc2)c2[nH]cnc2n1)c1ccccc1. The molecule has 0 saturated heterocycles. The number of hydrogen-bond donors (Lipinski definition) is 3. The summed E-state index contributed by atoms with van der Waals surface area (Å²) < 4.78 is 0. The van der Waals surface area contributed by atoms with Gasteiger partial charge in [0.25, 0.3) is 11.8 Å². The van der Waals surface area contributed by atoms with Crippen LogP contribution in [-0.4, -0.2) is 31.8 Å². The van der Waals surface area contributed by atoms with Crippen LogP contribution in [0.2, 0.25) is 0 Å². The van der Waals surface area contributed by atoms with Crippen molar-refractivity contribution in [1.29, 1.82) is 0 Å². The van der Waals surface area contributed by atoms with Crippen molar-refractivity contribution in [2.75, 3.05) is 10.6 Å². The number of H-pyrrole nitrogens is 1. The molecular weight excluding hydrogens is 344 g/mol. The van der Waals surface area contributed by atoms with Gasteiger partial charge in [-0.15, -0.1) is 0 Å². The molecule has 2 aromatic carbocycles. The molecule has 0 aliphatic rings. The van der Waals surface area contributed by atoms with E-state index in [-0.39, 0.29) is 23.6 Å². The van der Waals surface area contributed by atoms with Crippen LogP contribution in [0.4, 0.5) is 11.8 Å². The Morgan fingerprint density at radius 1 is 0.778 bits per heavy atom. The molecule has 0 aliphatic carbocycles. The molecule has 8 nitrogen and oxygen atoms in total. The zero-order valence-electron chi connectivity index (χ0n) is 14.0. The van der Waals surface area contributed by atoms with E-state index in [1.807, 2.05) is 12.1 Å². The van der Waals surface area contributed by atoms with Gasteiger partial charge in [-0.3, -0.25) is 14.9 Å². The molecule has 27 heavy (non-hydrogen) atoms. The summed E-state index contributed by atoms with van der Waals surface area (Å²) in [6.45, 7) is 0. The topological polar surface area (TPSA) is 113 Å². The van der Waals surface area contributed by atoms with Gasteiger partial charge in [-0.1, -0.05) is 36.4 Å². The van der Waals surface area contributed by atoms with E-state index < -0.39 is 0 Å². The van der Waals surface area contributed by atoms with Crippen molar-refractivity contribution in [3.05, 3.63) is 78.1 Å². The number of fused-ring (bicyclic) bond motifs is 1. The summed E-state index contributed by atoms with van der Waals surface area (Å²) in [6, 6.07) is 17.5. The third kappa shape index (κ3) is 3.49. The van der Waals surface area contributed by atoms with E-state index in [1.165, 1.54) is 6.33 Å². The molecule has 0 fully saturated rings. The second kappa shape index (κ2) is 7.04. The minimum Gasteiger partial charge on any atom is -0.340 e. The Bertz CT molecular complexity index is 1110. The number of nitrogens with zero attached hydrogens (tertiary/aromatic N) is 3. The van der Waals surface area contributed by atoms with Gasteiger partial charge in [-0.05, 0) is 24.3 Å². The second-order valence-electron chi connectivity index (χ2n) is 5.64. The van der Waals surface area contributed by atoms with Gasteiger partial charge in [0.05, 0.1) is 6.33 Å². The van der Waals surface area contributed by atoms with Crippen molar-refractivity contribution in [2.24, 2.45) is 0 Å². The van der Waals surface area contributed by atoms with Crippen molar-refractivity contribution in [1.82, 2.24) is 19.9 Å². The van der Waals surface area contributed by atoms with Crippen molar-refractivity contribution in [3.8, 4) is 0 Å². The average molecular weight is 358 g/mol. The van der Waals surface area contributed by atoms with Crippen LogP contribution in [0.5, 0.6) is 0 Å². The minimum atomic E-state index is -0.356. The summed E-state index contributed by atoms with van der Waals surface area (Å²) in [5.74, 6) is -0.405. The van der Waals surface area contributed by atoms with Gasteiger partial charge in [0.2, 0.25) is 5.95 Å². The summed E-state index contributed by atoms with van der Waals surface area (Å²) in [7, 11) is 0. The quantitative estimate of drug-likeness (QED) is 0.519. The van der Waals surface area contributed by atoms with E-state index >= 15 is 0 Å². The highest BCUT2D eigenvalue weighted by Crippen LogP contribution is 2.20. The molecule has 0 atom stereocenters. The van der Waals surface area contributed by atoms with E-state index in [0.717, 1.165) is 0 Å². The van der Waals surface area contributed by atoms with E-state index in [0.29, 0.717) is 22.3 Å². The monoisotopic (exact) mass is 358 g/mol. The molecule has 3 N–H and O–H groups in total. The van der Waals surface area contributed by atoms with Crippen molar-refractivity contribution in [2.45, 2.75) is 0 Å². The summed E-state index contributed by atoms with van der Waals surface area (Å²) >= 11 is 0. The van der Waals surface area contributed by atoms with Gasteiger partial charge in [0.1, 0.15) is 5.52 Å². The van der Waals surface area contributed by atoms with Gasteiger partial charge < -0.3 is 10.3 Å². The zero-order valence-corrected chi connectivity index (χ0v) is 14.0. The zero-order chi connectivity index (χ0) is 18.6. The number of benzene rings is 2. The Morgan fingerprint density at radius 3 is 2.00 bits per heavy atom. The highest BCUT2D eigenvalue weighted by Gasteiger charge is 2.15. The Labute approximate surface area is 153 Å². The first kappa shape index (κ1) is 16.4. The maximum atomic E-state index is 12.4. The predicted molar refractivity (Wildman–Crippen MR) is 100 cm³/mol. The maximum Gasteiger partial charge on any atom is 0.258 e. The van der Waals surface area contributed by atoms with Crippen LogP contribution in [0.25, 0.3) is 11.2 Å². The summed E-state index contributed by atoms with van der Waals surface area (Å²) in [4.78, 5) is 40.2. The highest BCUT2D eigenvalue weighted by molar-refractivity contribution is 6.07. The number of aromatic nitrogens is 4. The van der Waals surface area contributed by atoms with E-state index in [1.54, 1.807) is 48.5 Å². The number of amides is 2. The molecule has 132 valence electrons. The summed E-state index contributed by atoms with van der Waals surface area (Å²) in [5, 5.41) is 5.36. The Kier molecular flexibility index (Phi) is 4.28. The van der Waals surface area contributed by atoms with Crippen molar-refractivity contribution in [3.63, 3.8) is 0 Å². The molecule has 4 rings (SSSR count). The normalized spacial score (nSPS) is 10.5. The Morgan fingerprint density at radius 2 is 1.37 bits per heavy atom. The minimum absolute atomic E-state index is 0.0480. The molecule has 2 aromatic heterocycles. The lowest BCUT2D eigenvalue weighted by Gasteiger charge is -2.08. The van der Waals surface area contributed by atoms with Gasteiger partial charge >= 0.3 is 0 Å². The van der Waals surface area contributed by atoms with Gasteiger partial charge in [-0.2, -0.15) is 9.97 Å². The molecule has 0 unspecified atom stereocenters. The number of anilines is 2. The second-order valence-corrected chi connectivity index (χ2v) is 5.64. The van der Waals surface area contributed by atoms with E-state index in [4.69, 9.17) is 0 Å². The fraction of sp³-hybridized carbons (Fsp3) is 0. The maximum absolute atomic E-state index is 12.4. The third-order valence-corrected chi connectivity index (χ3v) is 3.81. The first-order valence-electron chi connectivity index (χ1n) is 8.14. The van der Waals surface area contributed by atoms with Crippen LogP contribution >= 0.6 is 0 Å². The lowest BCUT2D eigenvalue weighted by molar-refractivity contribution is 0.101. The molecule has 0 saturated carbocycles. The predicted octanol–water partition coefficient (Wildman–Crippen LogP) is 2.86. The number of carbonyl (C=O) groups is 2. The number of aromatic amines is 1. The van der Waals surface area contributed by atoms with E-state index in [2.05, 4.69) is 30.6 Å². The van der Waals surface area contributed by atoms with Crippen molar-refractivity contribution < 1.29 is 9.59 Å². The third-order valence-electron chi connectivity index (χ3n) is 3.81. The van der Waals surface area contributed by atoms with E-state index in [9.17, 15) is 9.59 Å². The summed E-state index contributed by atoms with van der Waals surface area (Å²) in [5.41, 5.74) is 1.76. The van der Waals surface area contributed by atoms with Crippen LogP contribution in [0, 0.1) is 0 Å². The van der Waals surface area contributed by atoms with Crippen LogP contribution in [0.3, 0.4) is 0 Å². The number of hydrogen-bond acceptors (Lipinski definition) is 5. The molecule has 0 radical (unpaired) electrons. The Balaban J connectivity index is 1.64. The molecule has 0 spiro atoms. The number of rotatable bonds is 4. The van der Waals surface area contributed by atoms with Gasteiger partial charge in [-0.25, -0.2) is 4.98 Å². The number of nitrogens with one attached hydrogen (secondary N) is 3.